The molecule has 5 N–H and O–H groups in total. The van der Waals surface area contributed by atoms with Gasteiger partial charge in [0.1, 0.15) is 11.5 Å². The van der Waals surface area contributed by atoms with Gasteiger partial charge < -0.3 is 16.8 Å². The summed E-state index contributed by atoms with van der Waals surface area (Å²) in [7, 11) is 0. The Morgan fingerprint density at radius 3 is 3.00 bits per heavy atom. The molecule has 0 fully saturated rings. The van der Waals surface area contributed by atoms with Crippen molar-refractivity contribution in [3.05, 3.63) is 34.4 Å². The molecule has 2 heterocycles. The second kappa shape index (κ2) is 3.43. The van der Waals surface area contributed by atoms with E-state index in [1.807, 2.05) is 5.38 Å². The standard InChI is InChI=1S/C9H12N4S/c10-8-4-13-9(11,6-12-8)3-7-1-2-14-5-7/h1-2,4-6,13H,3,10-11H2. The smallest absolute Gasteiger partial charge is 0.139 e. The van der Waals surface area contributed by atoms with Gasteiger partial charge in [0.05, 0.1) is 0 Å². The lowest BCUT2D eigenvalue weighted by Gasteiger charge is -2.27. The third-order valence-corrected chi connectivity index (χ3v) is 2.74. The summed E-state index contributed by atoms with van der Waals surface area (Å²) in [5.74, 6) is 0.455. The summed E-state index contributed by atoms with van der Waals surface area (Å²) < 4.78 is 0. The molecule has 5 heteroatoms. The lowest BCUT2D eigenvalue weighted by Crippen LogP contribution is -2.56. The van der Waals surface area contributed by atoms with Gasteiger partial charge in [-0.2, -0.15) is 11.3 Å². The van der Waals surface area contributed by atoms with Gasteiger partial charge in [0, 0.05) is 18.8 Å². The Bertz CT molecular complexity index is 368. The van der Waals surface area contributed by atoms with E-state index < -0.39 is 5.66 Å². The molecule has 1 unspecified atom stereocenters. The van der Waals surface area contributed by atoms with Gasteiger partial charge in [-0.15, -0.1) is 0 Å². The van der Waals surface area contributed by atoms with Crippen molar-refractivity contribution in [2.75, 3.05) is 0 Å². The first kappa shape index (κ1) is 9.23. The van der Waals surface area contributed by atoms with Crippen LogP contribution < -0.4 is 16.8 Å². The van der Waals surface area contributed by atoms with E-state index in [1.165, 1.54) is 5.56 Å². The van der Waals surface area contributed by atoms with Gasteiger partial charge in [-0.05, 0) is 22.4 Å². The molecule has 0 radical (unpaired) electrons. The van der Waals surface area contributed by atoms with Gasteiger partial charge in [0.2, 0.25) is 0 Å². The third-order valence-electron chi connectivity index (χ3n) is 2.01. The average Bonchev–Trinajstić information content (AvgIpc) is 2.63. The lowest BCUT2D eigenvalue weighted by atomic mass is 10.0. The van der Waals surface area contributed by atoms with Gasteiger partial charge in [-0.25, -0.2) is 4.99 Å². The minimum atomic E-state index is -0.607. The molecule has 1 atom stereocenters. The highest BCUT2D eigenvalue weighted by Crippen LogP contribution is 2.13. The van der Waals surface area contributed by atoms with E-state index >= 15 is 0 Å². The van der Waals surface area contributed by atoms with Crippen LogP contribution in [0.15, 0.2) is 33.8 Å². The summed E-state index contributed by atoms with van der Waals surface area (Å²) in [6.07, 6.45) is 4.00. The van der Waals surface area contributed by atoms with Crippen LogP contribution >= 0.6 is 11.3 Å². The largest absolute Gasteiger partial charge is 0.383 e. The summed E-state index contributed by atoms with van der Waals surface area (Å²) in [6, 6.07) is 2.05. The second-order valence-corrected chi connectivity index (χ2v) is 4.10. The highest BCUT2D eigenvalue weighted by molar-refractivity contribution is 7.07. The van der Waals surface area contributed by atoms with Crippen LogP contribution in [-0.2, 0) is 6.42 Å². The number of hydrogen-bond donors (Lipinski definition) is 3. The predicted octanol–water partition coefficient (Wildman–Crippen LogP) is 0.377. The van der Waals surface area contributed by atoms with E-state index in [-0.39, 0.29) is 0 Å². The second-order valence-electron chi connectivity index (χ2n) is 3.32. The van der Waals surface area contributed by atoms with Gasteiger partial charge in [-0.1, -0.05) is 0 Å². The van der Waals surface area contributed by atoms with Crippen molar-refractivity contribution in [1.82, 2.24) is 5.32 Å². The van der Waals surface area contributed by atoms with Gasteiger partial charge in [0.25, 0.3) is 0 Å². The summed E-state index contributed by atoms with van der Waals surface area (Å²) in [6.45, 7) is 0. The van der Waals surface area contributed by atoms with Crippen LogP contribution in [0, 0.1) is 0 Å². The number of nitrogens with two attached hydrogens (primary N) is 2. The topological polar surface area (TPSA) is 76.4 Å². The molecule has 0 aromatic carbocycles. The van der Waals surface area contributed by atoms with E-state index in [1.54, 1.807) is 23.8 Å². The first-order valence-electron chi connectivity index (χ1n) is 4.26. The fourth-order valence-electron chi connectivity index (χ4n) is 1.30. The molecule has 0 aliphatic carbocycles. The van der Waals surface area contributed by atoms with Crippen LogP contribution in [0.5, 0.6) is 0 Å². The maximum Gasteiger partial charge on any atom is 0.139 e. The summed E-state index contributed by atoms with van der Waals surface area (Å²) in [4.78, 5) is 3.99. The highest BCUT2D eigenvalue weighted by atomic mass is 32.1. The number of rotatable bonds is 2. The molecule has 1 aromatic rings. The molecule has 0 bridgehead atoms. The maximum absolute atomic E-state index is 6.06. The Labute approximate surface area is 86.3 Å². The maximum atomic E-state index is 6.06. The average molecular weight is 208 g/mol. The predicted molar refractivity (Wildman–Crippen MR) is 58.8 cm³/mol. The molecule has 0 saturated carbocycles. The molecule has 0 spiro atoms. The molecule has 0 amide bonds. The van der Waals surface area contributed by atoms with Crippen molar-refractivity contribution in [2.45, 2.75) is 12.1 Å². The Morgan fingerprint density at radius 1 is 1.57 bits per heavy atom. The zero-order valence-corrected chi connectivity index (χ0v) is 8.42. The number of nitrogens with one attached hydrogen (secondary N) is 1. The van der Waals surface area contributed by atoms with Crippen LogP contribution in [0.2, 0.25) is 0 Å². The summed E-state index contributed by atoms with van der Waals surface area (Å²) >= 11 is 1.66. The minimum Gasteiger partial charge on any atom is -0.383 e. The van der Waals surface area contributed by atoms with Crippen LogP contribution in [0.25, 0.3) is 0 Å². The van der Waals surface area contributed by atoms with Crippen LogP contribution in [-0.4, -0.2) is 11.9 Å². The minimum absolute atomic E-state index is 0.455. The molecule has 74 valence electrons. The van der Waals surface area contributed by atoms with Gasteiger partial charge in [-0.3, -0.25) is 0 Å². The fourth-order valence-corrected chi connectivity index (χ4v) is 1.97. The summed E-state index contributed by atoms with van der Waals surface area (Å²) in [5, 5.41) is 7.14. The zero-order valence-electron chi connectivity index (χ0n) is 7.60. The molecule has 1 aromatic heterocycles. The Hall–Kier alpha value is -1.33. The fraction of sp³-hybridized carbons (Fsp3) is 0.222. The van der Waals surface area contributed by atoms with Crippen molar-refractivity contribution in [3.63, 3.8) is 0 Å². The molecular weight excluding hydrogens is 196 g/mol. The molecule has 4 nitrogen and oxygen atoms in total. The van der Waals surface area contributed by atoms with E-state index in [0.29, 0.717) is 12.2 Å². The van der Waals surface area contributed by atoms with Crippen molar-refractivity contribution >= 4 is 17.6 Å². The Kier molecular flexibility index (Phi) is 2.26. The molecule has 14 heavy (non-hydrogen) atoms. The van der Waals surface area contributed by atoms with Crippen LogP contribution in [0.1, 0.15) is 5.56 Å². The zero-order chi connectivity index (χ0) is 10.0. The molecular formula is C9H12N4S. The third kappa shape index (κ3) is 1.94. The number of thiophene rings is 1. The number of aliphatic imine (C=N–C) groups is 1. The monoisotopic (exact) mass is 208 g/mol. The van der Waals surface area contributed by atoms with E-state index in [4.69, 9.17) is 11.5 Å². The Balaban J connectivity index is 2.09. The van der Waals surface area contributed by atoms with E-state index in [9.17, 15) is 0 Å². The molecule has 2 rings (SSSR count). The SMILES string of the molecule is NC1=CNC(N)(Cc2ccsc2)C=N1. The van der Waals surface area contributed by atoms with Gasteiger partial charge >= 0.3 is 0 Å². The van der Waals surface area contributed by atoms with E-state index in [0.717, 1.165) is 0 Å². The quantitative estimate of drug-likeness (QED) is 0.657. The van der Waals surface area contributed by atoms with Crippen molar-refractivity contribution in [3.8, 4) is 0 Å². The van der Waals surface area contributed by atoms with Crippen molar-refractivity contribution in [2.24, 2.45) is 16.5 Å². The highest BCUT2D eigenvalue weighted by Gasteiger charge is 2.23. The first-order valence-corrected chi connectivity index (χ1v) is 5.21. The normalized spacial score (nSPS) is 25.6. The number of hydrogen-bond acceptors (Lipinski definition) is 5. The van der Waals surface area contributed by atoms with Crippen molar-refractivity contribution in [1.29, 1.82) is 0 Å². The molecule has 1 aliphatic rings. The summed E-state index contributed by atoms with van der Waals surface area (Å²) in [5.41, 5.74) is 12.1. The number of nitrogens with zero attached hydrogens (tertiary/aromatic N) is 1. The molecule has 0 saturated heterocycles. The van der Waals surface area contributed by atoms with Crippen LogP contribution in [0.4, 0.5) is 0 Å². The molecule has 1 aliphatic heterocycles. The van der Waals surface area contributed by atoms with Gasteiger partial charge in [0.15, 0.2) is 0 Å². The lowest BCUT2D eigenvalue weighted by molar-refractivity contribution is 0.506. The Morgan fingerprint density at radius 2 is 2.43 bits per heavy atom. The first-order chi connectivity index (χ1) is 6.68. The van der Waals surface area contributed by atoms with Crippen LogP contribution in [0.3, 0.4) is 0 Å². The van der Waals surface area contributed by atoms with E-state index in [2.05, 4.69) is 21.8 Å². The van der Waals surface area contributed by atoms with Crippen molar-refractivity contribution < 1.29 is 0 Å².